The van der Waals surface area contributed by atoms with E-state index in [9.17, 15) is 24.0 Å². The Morgan fingerprint density at radius 1 is 0.432 bits per heavy atom. The monoisotopic (exact) mass is 1050 g/mol. The maximum absolute atomic E-state index is 12.9. The number of carbonyl (C=O) groups excluding carboxylic acids is 5. The van der Waals surface area contributed by atoms with Crippen LogP contribution in [0.4, 0.5) is 0 Å². The predicted octanol–water partition coefficient (Wildman–Crippen LogP) is 10.2. The number of hydrogen-bond donors (Lipinski definition) is 1. The van der Waals surface area contributed by atoms with Gasteiger partial charge in [-0.1, -0.05) is 18.3 Å². The van der Waals surface area contributed by atoms with E-state index in [1.54, 1.807) is 25.7 Å². The normalized spacial score (nSPS) is 8.31. The lowest BCUT2D eigenvalue weighted by atomic mass is 10.1. The molecular formula is C62H118N2O10. The second-order valence-corrected chi connectivity index (χ2v) is 12.5. The highest BCUT2D eigenvalue weighted by Crippen LogP contribution is 2.09. The van der Waals surface area contributed by atoms with Gasteiger partial charge in [0.1, 0.15) is 31.5 Å². The van der Waals surface area contributed by atoms with Gasteiger partial charge in [0.15, 0.2) is 0 Å². The highest BCUT2D eigenvalue weighted by atomic mass is 16.6. The van der Waals surface area contributed by atoms with Crippen molar-refractivity contribution in [3.05, 3.63) is 0 Å². The second-order valence-electron chi connectivity index (χ2n) is 12.5. The van der Waals surface area contributed by atoms with Crippen LogP contribution in [-0.4, -0.2) is 92.5 Å². The zero-order valence-corrected chi connectivity index (χ0v) is 40.7. The first kappa shape index (κ1) is 62.5. The van der Waals surface area contributed by atoms with Crippen molar-refractivity contribution in [2.24, 2.45) is 5.73 Å². The zero-order chi connectivity index (χ0) is 54.4. The van der Waals surface area contributed by atoms with E-state index in [1.807, 2.05) is 0 Å². The summed E-state index contributed by atoms with van der Waals surface area (Å²) in [5, 5.41) is 0. The third-order valence-corrected chi connectivity index (χ3v) is 6.94. The van der Waals surface area contributed by atoms with Crippen molar-refractivity contribution >= 4 is 29.8 Å². The minimum atomic E-state index is -1.19. The van der Waals surface area contributed by atoms with Gasteiger partial charge in [-0.3, -0.25) is 19.3 Å². The quantitative estimate of drug-likeness (QED) is 0.0484. The maximum Gasteiger partial charge on any atom is 0.385 e. The Kier molecular flexibility index (Phi) is 39.3. The molecule has 0 aliphatic carbocycles. The van der Waals surface area contributed by atoms with Crippen LogP contribution in [0, 0.1) is 237 Å². The molecule has 436 valence electrons. The first-order chi connectivity index (χ1) is 36.0. The number of hydrogen-bond acceptors (Lipinski definition) is 12. The van der Waals surface area contributed by atoms with Crippen molar-refractivity contribution in [3.63, 3.8) is 0 Å². The number of rotatable bonds is 17. The Labute approximate surface area is 494 Å². The average Bonchev–Trinajstić information content (AvgIpc) is 3.37. The van der Waals surface area contributed by atoms with Crippen LogP contribution in [0.3, 0.4) is 0 Å². The van der Waals surface area contributed by atoms with E-state index in [2.05, 4.69) is 237 Å². The van der Waals surface area contributed by atoms with Crippen LogP contribution in [0.1, 0.15) is 111 Å². The van der Waals surface area contributed by atoms with Crippen LogP contribution in [0.15, 0.2) is 0 Å². The SMILES string of the molecule is CC#CC#CC#CC#CC#CC#CC#CC#CC#CC#CC(=O)OCC(CN(CCCCC(N)C(=O)OCC)CC(COC(C)=O)OC(C)=O)OC(=O)C#CC#CC#CC#CC#CC#CC#CC#CC#CC#CC.[HH].[HH].[HH].[HH].[HH].[HH].[HH].[HH].[HH].[HH].[HH].[HH].[HH].[HH].[HH].[HH].[HH].[HH].[HH].[HH].[HH].[HH].[HH].[HH].[HH].[HH].[HH].[HH].[HH].[HH].[HH].[HH].[HH].[HH].[HH].[HH].[HH].[HH].[HH].[HH]. The molecule has 0 fully saturated rings. The van der Waals surface area contributed by atoms with Crippen molar-refractivity contribution in [1.82, 2.24) is 4.90 Å². The molecule has 0 saturated heterocycles. The molecule has 0 spiro atoms. The molecule has 0 aliphatic rings. The molecule has 12 heteroatoms. The molecule has 0 aromatic heterocycles. The van der Waals surface area contributed by atoms with Gasteiger partial charge < -0.3 is 29.4 Å². The number of nitrogens with zero attached hydrogens (tertiary/aromatic N) is 1. The first-order valence-corrected chi connectivity index (χ1v) is 21.2. The van der Waals surface area contributed by atoms with Gasteiger partial charge in [-0.05, 0) is 230 Å². The van der Waals surface area contributed by atoms with Gasteiger partial charge in [-0.15, -0.1) is 0 Å². The van der Waals surface area contributed by atoms with Gasteiger partial charge in [0.25, 0.3) is 0 Å². The fourth-order valence-electron chi connectivity index (χ4n) is 4.27. The predicted molar refractivity (Wildman–Crippen MR) is 359 cm³/mol. The molecule has 74 heavy (non-hydrogen) atoms. The largest absolute Gasteiger partial charge is 0.465 e. The zero-order valence-electron chi connectivity index (χ0n) is 40.7. The number of nitrogens with two attached hydrogens (primary N) is 1. The molecule has 0 radical (unpaired) electrons. The van der Waals surface area contributed by atoms with Crippen molar-refractivity contribution in [2.45, 2.75) is 72.1 Å². The molecule has 2 N–H and O–H groups in total. The van der Waals surface area contributed by atoms with Crippen molar-refractivity contribution in [1.29, 1.82) is 0 Å². The summed E-state index contributed by atoms with van der Waals surface area (Å²) < 4.78 is 26.3. The van der Waals surface area contributed by atoms with Crippen molar-refractivity contribution in [3.8, 4) is 237 Å². The summed E-state index contributed by atoms with van der Waals surface area (Å²) in [5.41, 5.74) is 5.96. The molecule has 3 unspecified atom stereocenters. The van der Waals surface area contributed by atoms with E-state index in [4.69, 9.17) is 29.4 Å². The van der Waals surface area contributed by atoms with Gasteiger partial charge in [0.05, 0.1) is 6.61 Å². The minimum absolute atomic E-state index is 0. The standard InChI is InChI=1S/C62H38N2O10.40H2/c1-6-9-11-13-15-17-19-21-23-25-27-29-31-33-35-37-39-41-43-48-60(67)72-54-58(52-64(50-46-45-47-59(63)62(69)70-8-3)51-57(73-56(5)66)53-71-55(4)65)74-61(68)49-44-42-40-38-36-34-32-30-28-26-24-22-20-18-16-14-12-10-7-2;;;;;;;;;;;;;;;;;;;;;;;;;;;;;;;;;;;;;;;;/h57-59H,8,45-47,50-54,63H2,1-5H3;40*1H. The highest BCUT2D eigenvalue weighted by Gasteiger charge is 2.25. The summed E-state index contributed by atoms with van der Waals surface area (Å²) in [6, 6.07) is -0.861. The van der Waals surface area contributed by atoms with E-state index in [0.29, 0.717) is 12.8 Å². The number of unbranched alkanes of at least 4 members (excludes halogenated alkanes) is 1. The van der Waals surface area contributed by atoms with Crippen LogP contribution in [0.2, 0.25) is 0 Å². The maximum atomic E-state index is 12.9. The fraction of sp³-hybridized carbons (Fsp3) is 0.274. The van der Waals surface area contributed by atoms with Gasteiger partial charge in [-0.2, -0.15) is 0 Å². The summed E-state index contributed by atoms with van der Waals surface area (Å²) in [6.45, 7) is 6.80. The topological polar surface area (TPSA) is 161 Å². The molecular weight excluding hydrogens is 933 g/mol. The molecule has 0 aromatic carbocycles. The van der Waals surface area contributed by atoms with Crippen LogP contribution in [-0.2, 0) is 47.7 Å². The van der Waals surface area contributed by atoms with Crippen molar-refractivity contribution in [2.75, 3.05) is 39.5 Å². The molecule has 0 bridgehead atoms. The smallest absolute Gasteiger partial charge is 0.385 e. The third kappa shape index (κ3) is 43.1. The summed E-state index contributed by atoms with van der Waals surface area (Å²) in [7, 11) is 0. The molecule has 0 rings (SSSR count). The summed E-state index contributed by atoms with van der Waals surface area (Å²) in [4.78, 5) is 62.9. The first-order valence-electron chi connectivity index (χ1n) is 21.2. The summed E-state index contributed by atoms with van der Waals surface area (Å²) in [5.74, 6) is 94.2. The fourth-order valence-corrected chi connectivity index (χ4v) is 4.27. The Balaban J connectivity index is -0.0000000342. The van der Waals surface area contributed by atoms with Crippen LogP contribution < -0.4 is 5.73 Å². The molecule has 0 amide bonds. The number of carbonyl (C=O) groups is 5. The van der Waals surface area contributed by atoms with Gasteiger partial charge >= 0.3 is 29.8 Å². The van der Waals surface area contributed by atoms with E-state index < -0.39 is 54.7 Å². The average molecular weight is 1050 g/mol. The van der Waals surface area contributed by atoms with Crippen LogP contribution >= 0.6 is 0 Å². The molecule has 12 nitrogen and oxygen atoms in total. The molecule has 0 aliphatic heterocycles. The second kappa shape index (κ2) is 46.6. The molecule has 0 heterocycles. The van der Waals surface area contributed by atoms with E-state index in [0.717, 1.165) is 0 Å². The van der Waals surface area contributed by atoms with E-state index >= 15 is 0 Å². The van der Waals surface area contributed by atoms with Crippen molar-refractivity contribution < 1.29 is 105 Å². The Morgan fingerprint density at radius 2 is 0.770 bits per heavy atom. The number of esters is 5. The molecule has 0 aromatic rings. The highest BCUT2D eigenvalue weighted by molar-refractivity contribution is 5.90. The lowest BCUT2D eigenvalue weighted by molar-refractivity contribution is -0.158. The van der Waals surface area contributed by atoms with Gasteiger partial charge in [0, 0.05) is 120 Å². The Bertz CT molecular complexity index is 3580. The summed E-state index contributed by atoms with van der Waals surface area (Å²) in [6.07, 6.45) is -0.977. The molecule has 3 atom stereocenters. The minimum Gasteiger partial charge on any atom is -0.465 e. The van der Waals surface area contributed by atoms with Crippen LogP contribution in [0.25, 0.3) is 0 Å². The Hall–Kier alpha value is -11.5. The lowest BCUT2D eigenvalue weighted by Crippen LogP contribution is -2.44. The molecule has 0 saturated carbocycles. The lowest BCUT2D eigenvalue weighted by Gasteiger charge is -2.30. The van der Waals surface area contributed by atoms with E-state index in [-0.39, 0.29) is 96.3 Å². The Morgan fingerprint density at radius 3 is 1.12 bits per heavy atom. The summed E-state index contributed by atoms with van der Waals surface area (Å²) >= 11 is 0. The van der Waals surface area contributed by atoms with E-state index in [1.165, 1.54) is 13.8 Å². The third-order valence-electron chi connectivity index (χ3n) is 6.94. The van der Waals surface area contributed by atoms with Crippen LogP contribution in [0.5, 0.6) is 0 Å². The van der Waals surface area contributed by atoms with Gasteiger partial charge in [0.2, 0.25) is 0 Å². The van der Waals surface area contributed by atoms with Gasteiger partial charge in [-0.25, -0.2) is 9.59 Å². The number of ether oxygens (including phenoxy) is 5.